The second kappa shape index (κ2) is 8.52. The Labute approximate surface area is 166 Å². The molecule has 148 valence electrons. The van der Waals surface area contributed by atoms with Gasteiger partial charge in [-0.2, -0.15) is 0 Å². The maximum absolute atomic E-state index is 12.4. The highest BCUT2D eigenvalue weighted by Gasteiger charge is 2.19. The van der Waals surface area contributed by atoms with Gasteiger partial charge in [0.25, 0.3) is 0 Å². The number of carbonyl (C=O) groups is 1. The lowest BCUT2D eigenvalue weighted by Gasteiger charge is -2.35. The van der Waals surface area contributed by atoms with Crippen molar-refractivity contribution in [2.75, 3.05) is 60.9 Å². The average Bonchev–Trinajstić information content (AvgIpc) is 3.25. The van der Waals surface area contributed by atoms with Crippen molar-refractivity contribution >= 4 is 23.0 Å². The molecule has 1 amide bonds. The van der Waals surface area contributed by atoms with Crippen LogP contribution >= 0.6 is 0 Å². The molecule has 0 spiro atoms. The van der Waals surface area contributed by atoms with E-state index >= 15 is 0 Å². The van der Waals surface area contributed by atoms with Crippen molar-refractivity contribution in [1.29, 1.82) is 0 Å². The number of benzene rings is 2. The van der Waals surface area contributed by atoms with Gasteiger partial charge >= 0.3 is 0 Å². The fourth-order valence-corrected chi connectivity index (χ4v) is 3.96. The van der Waals surface area contributed by atoms with Gasteiger partial charge in [0, 0.05) is 56.3 Å². The summed E-state index contributed by atoms with van der Waals surface area (Å²) in [5, 5.41) is 12.4. The first-order valence-electron chi connectivity index (χ1n) is 10.1. The highest BCUT2D eigenvalue weighted by atomic mass is 16.3. The molecule has 2 aliphatic rings. The first kappa shape index (κ1) is 18.6. The molecule has 2 heterocycles. The minimum atomic E-state index is 0.0343. The third-order valence-corrected chi connectivity index (χ3v) is 5.58. The summed E-state index contributed by atoms with van der Waals surface area (Å²) in [6.45, 7) is 6.12. The van der Waals surface area contributed by atoms with Crippen LogP contribution in [0.5, 0.6) is 5.75 Å². The number of piperazine rings is 1. The standard InChI is InChI=1S/C22H28N4O2/c27-21-9-7-20(8-10-21)26-15-13-24(14-16-26)17-22(28)23-18-3-5-19(6-4-18)25-11-1-2-12-25/h3-10,27H,1-2,11-17H2,(H,23,28). The zero-order valence-corrected chi connectivity index (χ0v) is 16.2. The van der Waals surface area contributed by atoms with Crippen LogP contribution in [0.2, 0.25) is 0 Å². The van der Waals surface area contributed by atoms with Crippen LogP contribution in [0, 0.1) is 0 Å². The van der Waals surface area contributed by atoms with Gasteiger partial charge in [-0.1, -0.05) is 0 Å². The molecule has 0 radical (unpaired) electrons. The third kappa shape index (κ3) is 4.57. The van der Waals surface area contributed by atoms with Gasteiger partial charge in [0.15, 0.2) is 0 Å². The number of rotatable bonds is 5. The Morgan fingerprint density at radius 3 is 1.93 bits per heavy atom. The van der Waals surface area contributed by atoms with Crippen molar-refractivity contribution in [3.05, 3.63) is 48.5 Å². The largest absolute Gasteiger partial charge is 0.508 e. The first-order chi connectivity index (χ1) is 13.7. The Kier molecular flexibility index (Phi) is 5.67. The van der Waals surface area contributed by atoms with Crippen molar-refractivity contribution in [3.63, 3.8) is 0 Å². The molecule has 0 aromatic heterocycles. The highest BCUT2D eigenvalue weighted by Crippen LogP contribution is 2.22. The van der Waals surface area contributed by atoms with E-state index in [4.69, 9.17) is 0 Å². The number of amides is 1. The van der Waals surface area contributed by atoms with Crippen LogP contribution in [0.4, 0.5) is 17.1 Å². The van der Waals surface area contributed by atoms with E-state index in [-0.39, 0.29) is 11.7 Å². The van der Waals surface area contributed by atoms with Crippen LogP contribution in [-0.2, 0) is 4.79 Å². The molecule has 0 aliphatic carbocycles. The molecule has 2 aromatic rings. The van der Waals surface area contributed by atoms with E-state index in [0.29, 0.717) is 6.54 Å². The van der Waals surface area contributed by atoms with Crippen molar-refractivity contribution in [1.82, 2.24) is 4.90 Å². The number of nitrogens with zero attached hydrogens (tertiary/aromatic N) is 3. The summed E-state index contributed by atoms with van der Waals surface area (Å²) in [6.07, 6.45) is 2.52. The van der Waals surface area contributed by atoms with Gasteiger partial charge in [-0.05, 0) is 61.4 Å². The van der Waals surface area contributed by atoms with Crippen LogP contribution < -0.4 is 15.1 Å². The SMILES string of the molecule is O=C(CN1CCN(c2ccc(O)cc2)CC1)Nc1ccc(N2CCCC2)cc1. The zero-order chi connectivity index (χ0) is 19.3. The normalized spacial score (nSPS) is 17.7. The molecule has 28 heavy (non-hydrogen) atoms. The molecule has 2 aromatic carbocycles. The number of carbonyl (C=O) groups excluding carboxylic acids is 1. The predicted octanol–water partition coefficient (Wildman–Crippen LogP) is 2.75. The number of hydrogen-bond donors (Lipinski definition) is 2. The summed E-state index contributed by atoms with van der Waals surface area (Å²) in [7, 11) is 0. The zero-order valence-electron chi connectivity index (χ0n) is 16.2. The monoisotopic (exact) mass is 380 g/mol. The Morgan fingerprint density at radius 1 is 0.786 bits per heavy atom. The lowest BCUT2D eigenvalue weighted by Crippen LogP contribution is -2.48. The second-order valence-electron chi connectivity index (χ2n) is 7.57. The smallest absolute Gasteiger partial charge is 0.238 e. The van der Waals surface area contributed by atoms with E-state index in [1.807, 2.05) is 24.3 Å². The van der Waals surface area contributed by atoms with Gasteiger partial charge in [-0.3, -0.25) is 9.69 Å². The van der Waals surface area contributed by atoms with Crippen LogP contribution in [0.1, 0.15) is 12.8 Å². The van der Waals surface area contributed by atoms with Gasteiger partial charge in [0.05, 0.1) is 6.54 Å². The van der Waals surface area contributed by atoms with Gasteiger partial charge in [0.1, 0.15) is 5.75 Å². The predicted molar refractivity (Wildman–Crippen MR) is 113 cm³/mol. The van der Waals surface area contributed by atoms with E-state index < -0.39 is 0 Å². The molecular formula is C22H28N4O2. The Hall–Kier alpha value is -2.73. The van der Waals surface area contributed by atoms with Crippen molar-refractivity contribution < 1.29 is 9.90 Å². The molecule has 6 nitrogen and oxygen atoms in total. The molecule has 6 heteroatoms. The fraction of sp³-hybridized carbons (Fsp3) is 0.409. The van der Waals surface area contributed by atoms with Gasteiger partial charge in [0.2, 0.25) is 5.91 Å². The summed E-state index contributed by atoms with van der Waals surface area (Å²) in [6, 6.07) is 15.5. The number of hydrogen-bond acceptors (Lipinski definition) is 5. The van der Waals surface area contributed by atoms with Crippen molar-refractivity contribution in [2.45, 2.75) is 12.8 Å². The van der Waals surface area contributed by atoms with Gasteiger partial charge in [-0.25, -0.2) is 0 Å². The molecular weight excluding hydrogens is 352 g/mol. The maximum atomic E-state index is 12.4. The van der Waals surface area contributed by atoms with Crippen LogP contribution in [0.25, 0.3) is 0 Å². The second-order valence-corrected chi connectivity index (χ2v) is 7.57. The Morgan fingerprint density at radius 2 is 1.32 bits per heavy atom. The summed E-state index contributed by atoms with van der Waals surface area (Å²) < 4.78 is 0. The molecule has 0 atom stereocenters. The van der Waals surface area contributed by atoms with E-state index in [1.165, 1.54) is 18.5 Å². The summed E-state index contributed by atoms with van der Waals surface area (Å²) in [4.78, 5) is 19.3. The van der Waals surface area contributed by atoms with E-state index in [1.54, 1.807) is 12.1 Å². The number of nitrogens with one attached hydrogen (secondary N) is 1. The lowest BCUT2D eigenvalue weighted by molar-refractivity contribution is -0.117. The highest BCUT2D eigenvalue weighted by molar-refractivity contribution is 5.92. The third-order valence-electron chi connectivity index (χ3n) is 5.58. The van der Waals surface area contributed by atoms with Crippen LogP contribution in [0.15, 0.2) is 48.5 Å². The molecule has 0 saturated carbocycles. The van der Waals surface area contributed by atoms with Crippen LogP contribution in [0.3, 0.4) is 0 Å². The number of aromatic hydroxyl groups is 1. The van der Waals surface area contributed by atoms with Crippen molar-refractivity contribution in [2.24, 2.45) is 0 Å². The number of phenols is 1. The molecule has 4 rings (SSSR count). The molecule has 2 fully saturated rings. The van der Waals surface area contributed by atoms with E-state index in [9.17, 15) is 9.90 Å². The molecule has 2 N–H and O–H groups in total. The quantitative estimate of drug-likeness (QED) is 0.835. The Bertz CT molecular complexity index is 777. The molecule has 0 bridgehead atoms. The number of phenolic OH excluding ortho intramolecular Hbond substituents is 1. The average molecular weight is 380 g/mol. The minimum Gasteiger partial charge on any atom is -0.508 e. The molecule has 2 saturated heterocycles. The van der Waals surface area contributed by atoms with Crippen LogP contribution in [-0.4, -0.2) is 61.7 Å². The molecule has 2 aliphatic heterocycles. The topological polar surface area (TPSA) is 59.1 Å². The minimum absolute atomic E-state index is 0.0343. The van der Waals surface area contributed by atoms with E-state index in [0.717, 1.165) is 50.6 Å². The fourth-order valence-electron chi connectivity index (χ4n) is 3.96. The van der Waals surface area contributed by atoms with E-state index in [2.05, 4.69) is 32.1 Å². The Balaban J connectivity index is 1.24. The summed E-state index contributed by atoms with van der Waals surface area (Å²) in [5.74, 6) is 0.319. The number of anilines is 3. The summed E-state index contributed by atoms with van der Waals surface area (Å²) >= 11 is 0. The maximum Gasteiger partial charge on any atom is 0.238 e. The van der Waals surface area contributed by atoms with Crippen molar-refractivity contribution in [3.8, 4) is 5.75 Å². The molecule has 0 unspecified atom stereocenters. The van der Waals surface area contributed by atoms with Gasteiger partial charge in [-0.15, -0.1) is 0 Å². The summed E-state index contributed by atoms with van der Waals surface area (Å²) in [5.41, 5.74) is 3.21. The first-order valence-corrected chi connectivity index (χ1v) is 10.1. The lowest BCUT2D eigenvalue weighted by atomic mass is 10.2. The van der Waals surface area contributed by atoms with Gasteiger partial charge < -0.3 is 20.2 Å².